The summed E-state index contributed by atoms with van der Waals surface area (Å²) in [6.45, 7) is 0.254. The maximum Gasteiger partial charge on any atom is 0.252 e. The molecule has 0 radical (unpaired) electrons. The van der Waals surface area contributed by atoms with Gasteiger partial charge in [-0.25, -0.2) is 0 Å². The third-order valence-electron chi connectivity index (χ3n) is 8.29. The molecular weight excluding hydrogens is 490 g/mol. The first-order valence-electron chi connectivity index (χ1n) is 13.6. The standard InChI is InChI=1S/C28H34ClN5O3/c29-22-12-6-5-11-21(22)27(15-16-27)32-25(36)28(13-7-2-8-14-28)37-18-20-17-23(35)34-26(30-20)31-24(33-34)19-9-3-1-4-10-19/h1,3-5,9,11,19-20H,2,6-8,10,12-18H2,(H,32,36)(H,30,31,33). The van der Waals surface area contributed by atoms with Crippen LogP contribution >= 0.6 is 11.6 Å². The summed E-state index contributed by atoms with van der Waals surface area (Å²) in [5.74, 6) is 0.999. The van der Waals surface area contributed by atoms with E-state index in [0.717, 1.165) is 62.0 Å². The zero-order valence-electron chi connectivity index (χ0n) is 21.0. The summed E-state index contributed by atoms with van der Waals surface area (Å²) in [5.41, 5.74) is -0.203. The molecule has 4 aliphatic carbocycles. The van der Waals surface area contributed by atoms with Gasteiger partial charge in [-0.15, -0.1) is 5.10 Å². The van der Waals surface area contributed by atoms with Crippen LogP contribution in [0.1, 0.15) is 87.2 Å². The lowest BCUT2D eigenvalue weighted by Crippen LogP contribution is -2.55. The van der Waals surface area contributed by atoms with E-state index in [-0.39, 0.29) is 42.3 Å². The topological polar surface area (TPSA) is 98.1 Å². The Hall–Kier alpha value is -2.71. The first kappa shape index (κ1) is 24.6. The molecule has 0 saturated heterocycles. The number of carbonyl (C=O) groups excluding carboxylic acids is 2. The van der Waals surface area contributed by atoms with Crippen molar-refractivity contribution in [2.24, 2.45) is 0 Å². The molecule has 1 aliphatic heterocycles. The number of aromatic nitrogens is 3. The SMILES string of the molecule is O=C1CC(COC2(C(=O)NC3(C4=C(Cl)CCC=C4)CC3)CCCCC2)Nc2nc(C3C=CC=CC3)nn21. The summed E-state index contributed by atoms with van der Waals surface area (Å²) in [5, 5.41) is 12.0. The van der Waals surface area contributed by atoms with Gasteiger partial charge in [0.1, 0.15) is 5.60 Å². The molecule has 0 spiro atoms. The van der Waals surface area contributed by atoms with Crippen LogP contribution in [0.4, 0.5) is 5.95 Å². The highest BCUT2D eigenvalue weighted by Gasteiger charge is 2.52. The Balaban J connectivity index is 1.14. The second-order valence-corrected chi connectivity index (χ2v) is 11.4. The van der Waals surface area contributed by atoms with E-state index < -0.39 is 5.60 Å². The minimum absolute atomic E-state index is 0.0506. The molecule has 2 heterocycles. The van der Waals surface area contributed by atoms with E-state index in [1.54, 1.807) is 0 Å². The molecule has 8 nitrogen and oxygen atoms in total. The molecular formula is C28H34ClN5O3. The molecule has 2 unspecified atom stereocenters. The van der Waals surface area contributed by atoms with E-state index in [4.69, 9.17) is 16.3 Å². The van der Waals surface area contributed by atoms with Gasteiger partial charge in [0.2, 0.25) is 5.95 Å². The Bertz CT molecular complexity index is 1200. The monoisotopic (exact) mass is 523 g/mol. The first-order chi connectivity index (χ1) is 18.0. The molecule has 37 heavy (non-hydrogen) atoms. The van der Waals surface area contributed by atoms with Gasteiger partial charge in [0, 0.05) is 11.0 Å². The van der Waals surface area contributed by atoms with E-state index >= 15 is 0 Å². The molecule has 9 heteroatoms. The molecule has 2 N–H and O–H groups in total. The Morgan fingerprint density at radius 2 is 2.03 bits per heavy atom. The highest BCUT2D eigenvalue weighted by molar-refractivity contribution is 6.30. The van der Waals surface area contributed by atoms with Crippen LogP contribution < -0.4 is 10.6 Å². The van der Waals surface area contributed by atoms with Gasteiger partial charge >= 0.3 is 0 Å². The van der Waals surface area contributed by atoms with Crippen LogP contribution in [0.25, 0.3) is 0 Å². The van der Waals surface area contributed by atoms with Crippen molar-refractivity contribution in [3.8, 4) is 0 Å². The Morgan fingerprint density at radius 3 is 2.76 bits per heavy atom. The van der Waals surface area contributed by atoms with Crippen molar-refractivity contribution in [3.63, 3.8) is 0 Å². The third kappa shape index (κ3) is 4.81. The summed E-state index contributed by atoms with van der Waals surface area (Å²) in [6.07, 6.45) is 21.3. The number of anilines is 1. The smallest absolute Gasteiger partial charge is 0.252 e. The Labute approximate surface area is 222 Å². The van der Waals surface area contributed by atoms with Gasteiger partial charge in [-0.1, -0.05) is 67.3 Å². The maximum absolute atomic E-state index is 13.8. The Kier molecular flexibility index (Phi) is 6.57. The maximum atomic E-state index is 13.8. The van der Waals surface area contributed by atoms with Crippen molar-refractivity contribution >= 4 is 29.4 Å². The normalized spacial score (nSPS) is 27.5. The fraction of sp³-hybridized carbons (Fsp3) is 0.571. The fourth-order valence-electron chi connectivity index (χ4n) is 5.95. The lowest BCUT2D eigenvalue weighted by atomic mass is 9.83. The molecule has 2 atom stereocenters. The van der Waals surface area contributed by atoms with E-state index in [1.807, 2.05) is 12.2 Å². The number of nitrogens with zero attached hydrogens (tertiary/aromatic N) is 3. The van der Waals surface area contributed by atoms with Crippen LogP contribution in [0.5, 0.6) is 0 Å². The minimum atomic E-state index is -0.889. The highest BCUT2D eigenvalue weighted by Crippen LogP contribution is 2.47. The van der Waals surface area contributed by atoms with Gasteiger partial charge in [0.05, 0.1) is 24.6 Å². The zero-order valence-corrected chi connectivity index (χ0v) is 21.8. The third-order valence-corrected chi connectivity index (χ3v) is 8.68. The predicted molar refractivity (Wildman–Crippen MR) is 141 cm³/mol. The number of rotatable bonds is 7. The molecule has 2 saturated carbocycles. The zero-order chi connectivity index (χ0) is 25.5. The van der Waals surface area contributed by atoms with Crippen LogP contribution in [0.3, 0.4) is 0 Å². The predicted octanol–water partition coefficient (Wildman–Crippen LogP) is 4.91. The van der Waals surface area contributed by atoms with Gasteiger partial charge in [-0.3, -0.25) is 9.59 Å². The molecule has 1 aromatic heterocycles. The van der Waals surface area contributed by atoms with Crippen LogP contribution in [-0.4, -0.2) is 50.4 Å². The number of allylic oxidation sites excluding steroid dienone is 6. The van der Waals surface area contributed by atoms with Crippen LogP contribution in [0.2, 0.25) is 0 Å². The van der Waals surface area contributed by atoms with E-state index in [0.29, 0.717) is 24.6 Å². The number of carbonyl (C=O) groups is 2. The molecule has 1 amide bonds. The molecule has 1 aromatic rings. The fourth-order valence-corrected chi connectivity index (χ4v) is 6.30. The minimum Gasteiger partial charge on any atom is -0.363 e. The molecule has 0 aromatic carbocycles. The van der Waals surface area contributed by atoms with Gasteiger partial charge in [0.25, 0.3) is 11.8 Å². The van der Waals surface area contributed by atoms with Crippen molar-refractivity contribution in [1.29, 1.82) is 0 Å². The number of nitrogens with one attached hydrogen (secondary N) is 2. The highest BCUT2D eigenvalue weighted by atomic mass is 35.5. The van der Waals surface area contributed by atoms with E-state index in [2.05, 4.69) is 45.0 Å². The Morgan fingerprint density at radius 1 is 1.19 bits per heavy atom. The quantitative estimate of drug-likeness (QED) is 0.526. The summed E-state index contributed by atoms with van der Waals surface area (Å²) in [6, 6.07) is -0.265. The summed E-state index contributed by atoms with van der Waals surface area (Å²) >= 11 is 6.57. The lowest BCUT2D eigenvalue weighted by Gasteiger charge is -2.39. The van der Waals surface area contributed by atoms with Crippen molar-refractivity contribution < 1.29 is 14.3 Å². The van der Waals surface area contributed by atoms with Crippen molar-refractivity contribution in [2.75, 3.05) is 11.9 Å². The second kappa shape index (κ2) is 9.87. The summed E-state index contributed by atoms with van der Waals surface area (Å²) in [4.78, 5) is 31.3. The van der Waals surface area contributed by atoms with Crippen LogP contribution in [0.15, 0.2) is 47.1 Å². The van der Waals surface area contributed by atoms with Gasteiger partial charge in [0.15, 0.2) is 5.82 Å². The molecule has 2 fully saturated rings. The molecule has 6 rings (SSSR count). The molecule has 0 bridgehead atoms. The van der Waals surface area contributed by atoms with Crippen molar-refractivity contribution in [1.82, 2.24) is 20.1 Å². The number of amides is 1. The number of halogens is 1. The van der Waals surface area contributed by atoms with Gasteiger partial charge in [-0.05, 0) is 50.5 Å². The summed E-state index contributed by atoms with van der Waals surface area (Å²) in [7, 11) is 0. The number of hydrogen-bond acceptors (Lipinski definition) is 6. The second-order valence-electron chi connectivity index (χ2n) is 11.0. The first-order valence-corrected chi connectivity index (χ1v) is 14.0. The summed E-state index contributed by atoms with van der Waals surface area (Å²) < 4.78 is 7.84. The lowest BCUT2D eigenvalue weighted by molar-refractivity contribution is -0.153. The average molecular weight is 524 g/mol. The largest absolute Gasteiger partial charge is 0.363 e. The number of hydrogen-bond donors (Lipinski definition) is 2. The average Bonchev–Trinajstić information content (AvgIpc) is 3.56. The van der Waals surface area contributed by atoms with Crippen LogP contribution in [-0.2, 0) is 9.53 Å². The van der Waals surface area contributed by atoms with E-state index in [9.17, 15) is 9.59 Å². The van der Waals surface area contributed by atoms with Gasteiger partial charge in [-0.2, -0.15) is 9.67 Å². The van der Waals surface area contributed by atoms with E-state index in [1.165, 1.54) is 4.68 Å². The van der Waals surface area contributed by atoms with Crippen molar-refractivity contribution in [2.45, 2.75) is 93.7 Å². The molecule has 5 aliphatic rings. The molecule has 196 valence electrons. The number of ether oxygens (including phenoxy) is 1. The van der Waals surface area contributed by atoms with Crippen molar-refractivity contribution in [3.05, 3.63) is 52.9 Å². The number of fused-ring (bicyclic) bond motifs is 1. The van der Waals surface area contributed by atoms with Gasteiger partial charge < -0.3 is 15.4 Å². The van der Waals surface area contributed by atoms with Crippen LogP contribution in [0, 0.1) is 0 Å².